The molecular weight excluding hydrogens is 258 g/mol. The first kappa shape index (κ1) is 10.2. The average molecular weight is 268 g/mol. The van der Waals surface area contributed by atoms with E-state index in [1.54, 1.807) is 13.3 Å². The first-order valence-electron chi connectivity index (χ1n) is 4.47. The Balaban J connectivity index is 2.42. The number of oxazole rings is 1. The molecule has 2 aromatic rings. The Morgan fingerprint density at radius 1 is 1.40 bits per heavy atom. The number of benzene rings is 1. The smallest absolute Gasteiger partial charge is 0.226 e. The summed E-state index contributed by atoms with van der Waals surface area (Å²) in [7, 11) is 1.63. The Hall–Kier alpha value is -1.29. The van der Waals surface area contributed by atoms with E-state index in [4.69, 9.17) is 9.15 Å². The van der Waals surface area contributed by atoms with Crippen LogP contribution in [0.1, 0.15) is 5.76 Å². The molecule has 3 nitrogen and oxygen atoms in total. The second-order valence-corrected chi connectivity index (χ2v) is 3.98. The molecule has 0 saturated heterocycles. The topological polar surface area (TPSA) is 35.3 Å². The molecule has 1 heterocycles. The van der Waals surface area contributed by atoms with Crippen molar-refractivity contribution in [1.29, 1.82) is 0 Å². The molecule has 15 heavy (non-hydrogen) atoms. The third-order valence-electron chi connectivity index (χ3n) is 2.02. The summed E-state index contributed by atoms with van der Waals surface area (Å²) in [6, 6.07) is 5.71. The minimum Gasteiger partial charge on any atom is -0.496 e. The van der Waals surface area contributed by atoms with Crippen LogP contribution in [0.15, 0.2) is 33.3 Å². The monoisotopic (exact) mass is 267 g/mol. The molecular formula is C11H10BrNO2. The molecule has 0 spiro atoms. The van der Waals surface area contributed by atoms with Gasteiger partial charge in [-0.3, -0.25) is 0 Å². The highest BCUT2D eigenvalue weighted by atomic mass is 79.9. The standard InChI is InChI=1S/C11H10BrNO2/c1-7-6-13-11(15-7)8-3-4-10(14-2)9(12)5-8/h3-6H,1-2H3. The Bertz CT molecular complexity index is 479. The van der Waals surface area contributed by atoms with Gasteiger partial charge in [-0.25, -0.2) is 4.98 Å². The number of methoxy groups -OCH3 is 1. The van der Waals surface area contributed by atoms with Gasteiger partial charge in [0.25, 0.3) is 0 Å². The van der Waals surface area contributed by atoms with E-state index < -0.39 is 0 Å². The summed E-state index contributed by atoms with van der Waals surface area (Å²) in [4.78, 5) is 4.15. The Kier molecular flexibility index (Phi) is 2.77. The quantitative estimate of drug-likeness (QED) is 0.837. The van der Waals surface area contributed by atoms with Crippen molar-refractivity contribution in [3.8, 4) is 17.2 Å². The zero-order valence-corrected chi connectivity index (χ0v) is 10.0. The van der Waals surface area contributed by atoms with Crippen molar-refractivity contribution in [2.24, 2.45) is 0 Å². The fraction of sp³-hybridized carbons (Fsp3) is 0.182. The highest BCUT2D eigenvalue weighted by Gasteiger charge is 2.07. The Labute approximate surface area is 96.2 Å². The average Bonchev–Trinajstić information content (AvgIpc) is 2.65. The van der Waals surface area contributed by atoms with Gasteiger partial charge in [0, 0.05) is 5.56 Å². The molecule has 4 heteroatoms. The van der Waals surface area contributed by atoms with Crippen LogP contribution in [0.4, 0.5) is 0 Å². The predicted molar refractivity (Wildman–Crippen MR) is 60.9 cm³/mol. The van der Waals surface area contributed by atoms with E-state index >= 15 is 0 Å². The number of halogens is 1. The third kappa shape index (κ3) is 2.04. The Morgan fingerprint density at radius 2 is 2.20 bits per heavy atom. The van der Waals surface area contributed by atoms with Crippen LogP contribution < -0.4 is 4.74 Å². The lowest BCUT2D eigenvalue weighted by Crippen LogP contribution is -1.85. The van der Waals surface area contributed by atoms with E-state index in [0.29, 0.717) is 5.89 Å². The lowest BCUT2D eigenvalue weighted by atomic mass is 10.2. The normalized spacial score (nSPS) is 10.3. The maximum atomic E-state index is 5.43. The van der Waals surface area contributed by atoms with E-state index in [1.807, 2.05) is 25.1 Å². The molecule has 2 rings (SSSR count). The zero-order chi connectivity index (χ0) is 10.8. The van der Waals surface area contributed by atoms with E-state index in [-0.39, 0.29) is 0 Å². The molecule has 0 N–H and O–H groups in total. The van der Waals surface area contributed by atoms with Gasteiger partial charge in [0.05, 0.1) is 17.8 Å². The Morgan fingerprint density at radius 3 is 2.73 bits per heavy atom. The highest BCUT2D eigenvalue weighted by Crippen LogP contribution is 2.30. The van der Waals surface area contributed by atoms with Gasteiger partial charge in [0.2, 0.25) is 5.89 Å². The summed E-state index contributed by atoms with van der Waals surface area (Å²) in [6.07, 6.45) is 1.70. The minimum atomic E-state index is 0.621. The van der Waals surface area contributed by atoms with Crippen molar-refractivity contribution in [1.82, 2.24) is 4.98 Å². The van der Waals surface area contributed by atoms with Crippen molar-refractivity contribution >= 4 is 15.9 Å². The summed E-state index contributed by atoms with van der Waals surface area (Å²) in [5, 5.41) is 0. The number of aryl methyl sites for hydroxylation is 1. The minimum absolute atomic E-state index is 0.621. The van der Waals surface area contributed by atoms with Crippen LogP contribution in [0.5, 0.6) is 5.75 Å². The lowest BCUT2D eigenvalue weighted by Gasteiger charge is -2.03. The SMILES string of the molecule is COc1ccc(-c2ncc(C)o2)cc1Br. The predicted octanol–water partition coefficient (Wildman–Crippen LogP) is 3.42. The summed E-state index contributed by atoms with van der Waals surface area (Å²) in [5.41, 5.74) is 0.927. The van der Waals surface area contributed by atoms with Gasteiger partial charge in [-0.15, -0.1) is 0 Å². The molecule has 78 valence electrons. The van der Waals surface area contributed by atoms with Crippen LogP contribution in [0.3, 0.4) is 0 Å². The first-order valence-corrected chi connectivity index (χ1v) is 5.26. The van der Waals surface area contributed by atoms with Gasteiger partial charge in [-0.05, 0) is 41.1 Å². The molecule has 1 aromatic carbocycles. The van der Waals surface area contributed by atoms with E-state index in [1.165, 1.54) is 0 Å². The molecule has 0 saturated carbocycles. The van der Waals surface area contributed by atoms with Gasteiger partial charge < -0.3 is 9.15 Å². The molecule has 0 bridgehead atoms. The van der Waals surface area contributed by atoms with Crippen molar-refractivity contribution < 1.29 is 9.15 Å². The molecule has 0 unspecified atom stereocenters. The van der Waals surface area contributed by atoms with Crippen LogP contribution in [-0.2, 0) is 0 Å². The van der Waals surface area contributed by atoms with Gasteiger partial charge in [-0.1, -0.05) is 0 Å². The number of aromatic nitrogens is 1. The molecule has 0 aliphatic heterocycles. The fourth-order valence-corrected chi connectivity index (χ4v) is 1.83. The fourth-order valence-electron chi connectivity index (χ4n) is 1.29. The number of ether oxygens (including phenoxy) is 1. The molecule has 0 amide bonds. The number of rotatable bonds is 2. The van der Waals surface area contributed by atoms with Gasteiger partial charge in [0.1, 0.15) is 11.5 Å². The summed E-state index contributed by atoms with van der Waals surface area (Å²) >= 11 is 3.42. The lowest BCUT2D eigenvalue weighted by molar-refractivity contribution is 0.412. The van der Waals surface area contributed by atoms with Crippen molar-refractivity contribution in [2.75, 3.05) is 7.11 Å². The van der Waals surface area contributed by atoms with Crippen LogP contribution in [0.25, 0.3) is 11.5 Å². The largest absolute Gasteiger partial charge is 0.496 e. The summed E-state index contributed by atoms with van der Waals surface area (Å²) in [6.45, 7) is 1.87. The van der Waals surface area contributed by atoms with Gasteiger partial charge >= 0.3 is 0 Å². The maximum Gasteiger partial charge on any atom is 0.226 e. The molecule has 0 atom stereocenters. The van der Waals surface area contributed by atoms with E-state index in [2.05, 4.69) is 20.9 Å². The van der Waals surface area contributed by atoms with E-state index in [9.17, 15) is 0 Å². The first-order chi connectivity index (χ1) is 7.20. The van der Waals surface area contributed by atoms with Crippen LogP contribution in [0, 0.1) is 6.92 Å². The molecule has 0 aliphatic rings. The number of hydrogen-bond donors (Lipinski definition) is 0. The second kappa shape index (κ2) is 4.06. The van der Waals surface area contributed by atoms with Crippen molar-refractivity contribution in [3.63, 3.8) is 0 Å². The number of nitrogens with zero attached hydrogens (tertiary/aromatic N) is 1. The molecule has 0 fully saturated rings. The van der Waals surface area contributed by atoms with Gasteiger partial charge in [-0.2, -0.15) is 0 Å². The van der Waals surface area contributed by atoms with Crippen molar-refractivity contribution in [2.45, 2.75) is 6.92 Å². The molecule has 0 aliphatic carbocycles. The van der Waals surface area contributed by atoms with Crippen LogP contribution >= 0.6 is 15.9 Å². The molecule has 0 radical (unpaired) electrons. The summed E-state index contributed by atoms with van der Waals surface area (Å²) in [5.74, 6) is 2.22. The van der Waals surface area contributed by atoms with Crippen molar-refractivity contribution in [3.05, 3.63) is 34.6 Å². The third-order valence-corrected chi connectivity index (χ3v) is 2.64. The maximum absolute atomic E-state index is 5.43. The van der Waals surface area contributed by atoms with Gasteiger partial charge in [0.15, 0.2) is 0 Å². The summed E-state index contributed by atoms with van der Waals surface area (Å²) < 4.78 is 11.5. The number of hydrogen-bond acceptors (Lipinski definition) is 3. The van der Waals surface area contributed by atoms with Crippen LogP contribution in [0.2, 0.25) is 0 Å². The molecule has 1 aromatic heterocycles. The zero-order valence-electron chi connectivity index (χ0n) is 8.45. The van der Waals surface area contributed by atoms with Crippen LogP contribution in [-0.4, -0.2) is 12.1 Å². The second-order valence-electron chi connectivity index (χ2n) is 3.13. The highest BCUT2D eigenvalue weighted by molar-refractivity contribution is 9.10. The van der Waals surface area contributed by atoms with E-state index in [0.717, 1.165) is 21.5 Å².